The molecule has 0 bridgehead atoms. The fraction of sp³-hybridized carbons (Fsp3) is 0.429. The monoisotopic (exact) mass is 534 g/mol. The van der Waals surface area contributed by atoms with Gasteiger partial charge >= 0.3 is 208 Å². The Bertz CT molecular complexity index is 968. The van der Waals surface area contributed by atoms with Gasteiger partial charge < -0.3 is 0 Å². The van der Waals surface area contributed by atoms with Crippen molar-refractivity contribution < 1.29 is 0 Å². The molecule has 0 amide bonds. The van der Waals surface area contributed by atoms with E-state index in [1.54, 1.807) is 5.56 Å². The van der Waals surface area contributed by atoms with E-state index in [1.807, 2.05) is 12.3 Å². The normalized spacial score (nSPS) is 11.0. The summed E-state index contributed by atoms with van der Waals surface area (Å²) in [6.45, 7) is 6.84. The Labute approximate surface area is 207 Å². The molecule has 0 atom stereocenters. The van der Waals surface area contributed by atoms with Crippen molar-refractivity contribution in [3.8, 4) is 11.1 Å². The van der Waals surface area contributed by atoms with Gasteiger partial charge in [0, 0.05) is 0 Å². The molecule has 0 unspecified atom stereocenters. The van der Waals surface area contributed by atoms with Gasteiger partial charge in [-0.2, -0.15) is 0 Å². The number of pyridine rings is 2. The average Bonchev–Trinajstić information content (AvgIpc) is 2.82. The van der Waals surface area contributed by atoms with Crippen molar-refractivity contribution in [3.63, 3.8) is 0 Å². The van der Waals surface area contributed by atoms with Gasteiger partial charge in [0.1, 0.15) is 0 Å². The molecule has 3 aromatic rings. The molecule has 0 spiro atoms. The van der Waals surface area contributed by atoms with Gasteiger partial charge in [0.25, 0.3) is 0 Å². The van der Waals surface area contributed by atoms with Crippen molar-refractivity contribution in [2.45, 2.75) is 78.6 Å². The molecule has 0 fully saturated rings. The average molecular weight is 533 g/mol. The molecule has 3 rings (SSSR count). The second kappa shape index (κ2) is 13.0. The molecule has 0 aliphatic heterocycles. The van der Waals surface area contributed by atoms with Gasteiger partial charge in [0.2, 0.25) is 0 Å². The summed E-state index contributed by atoms with van der Waals surface area (Å²) < 4.78 is 1.26. The fourth-order valence-electron chi connectivity index (χ4n) is 4.11. The standard InChI is InChI=1S/C28H36N3.Sn/c1-4-7-13-24-21-30-28(26(17-9-6-3)25(24)16-8-5-2)31-27-19-18-23(20-29-27)22-14-11-10-12-15-22;/h10-12,14-15,18-20H,4-9,13,16-17H2,1-3H3,(H,29,30,31);. The predicted octanol–water partition coefficient (Wildman–Crippen LogP) is 6.71. The fourth-order valence-corrected chi connectivity index (χ4v) is 5.22. The topological polar surface area (TPSA) is 37.8 Å². The van der Waals surface area contributed by atoms with Crippen LogP contribution in [0.3, 0.4) is 0 Å². The van der Waals surface area contributed by atoms with Gasteiger partial charge in [-0.05, 0) is 0 Å². The minimum absolute atomic E-state index is 0.868. The maximum absolute atomic E-state index is 5.11. The molecule has 3 nitrogen and oxygen atoms in total. The van der Waals surface area contributed by atoms with E-state index in [1.165, 1.54) is 81.5 Å². The number of aromatic nitrogens is 2. The molecular weight excluding hydrogens is 497 g/mol. The summed E-state index contributed by atoms with van der Waals surface area (Å²) in [4.78, 5) is 9.83. The Morgan fingerprint density at radius 1 is 0.719 bits per heavy atom. The van der Waals surface area contributed by atoms with E-state index >= 15 is 0 Å². The van der Waals surface area contributed by atoms with E-state index in [-0.39, 0.29) is 0 Å². The van der Waals surface area contributed by atoms with Crippen molar-refractivity contribution in [2.75, 3.05) is 5.32 Å². The first-order valence-electron chi connectivity index (χ1n) is 12.2. The van der Waals surface area contributed by atoms with Crippen molar-refractivity contribution in [1.29, 1.82) is 0 Å². The van der Waals surface area contributed by atoms with E-state index in [2.05, 4.69) is 62.5 Å². The first-order valence-corrected chi connectivity index (χ1v) is 13.6. The van der Waals surface area contributed by atoms with Crippen LogP contribution < -0.4 is 9.03 Å². The zero-order valence-electron chi connectivity index (χ0n) is 19.9. The number of anilines is 2. The number of hydrogen-bond acceptors (Lipinski definition) is 3. The van der Waals surface area contributed by atoms with Gasteiger partial charge in [-0.1, -0.05) is 0 Å². The zero-order valence-corrected chi connectivity index (χ0v) is 22.7. The third-order valence-corrected chi connectivity index (χ3v) is 7.16. The Morgan fingerprint density at radius 3 is 1.94 bits per heavy atom. The number of benzene rings is 1. The summed E-state index contributed by atoms with van der Waals surface area (Å²) >= 11 is 1.40. The summed E-state index contributed by atoms with van der Waals surface area (Å²) in [6, 6.07) is 14.6. The molecular formula is C28H36N3Sn. The summed E-state index contributed by atoms with van der Waals surface area (Å²) in [5, 5.41) is 3.59. The Kier molecular flexibility index (Phi) is 10.0. The van der Waals surface area contributed by atoms with E-state index < -0.39 is 0 Å². The SMILES string of the molecule is CCCCc1[c]([Sn])nc(Nc2ccc(-c3ccccc3)cn2)c(CCCC)c1CCCC. The third-order valence-electron chi connectivity index (χ3n) is 5.98. The molecule has 0 saturated carbocycles. The van der Waals surface area contributed by atoms with Gasteiger partial charge in [0.05, 0.1) is 0 Å². The van der Waals surface area contributed by atoms with Crippen LogP contribution in [0.1, 0.15) is 76.0 Å². The molecule has 4 heteroatoms. The molecule has 0 aliphatic carbocycles. The van der Waals surface area contributed by atoms with Crippen LogP contribution in [0.2, 0.25) is 0 Å². The van der Waals surface area contributed by atoms with Crippen LogP contribution in [0, 0.1) is 0 Å². The summed E-state index contributed by atoms with van der Waals surface area (Å²) in [6.07, 6.45) is 12.7. The van der Waals surface area contributed by atoms with Crippen LogP contribution >= 0.6 is 0 Å². The number of nitrogens with one attached hydrogen (secondary N) is 1. The van der Waals surface area contributed by atoms with E-state index in [0.717, 1.165) is 36.5 Å². The number of hydrogen-bond donors (Lipinski definition) is 1. The Morgan fingerprint density at radius 2 is 1.34 bits per heavy atom. The summed E-state index contributed by atoms with van der Waals surface area (Å²) in [5.41, 5.74) is 6.85. The quantitative estimate of drug-likeness (QED) is 0.263. The number of nitrogens with zero attached hydrogens (tertiary/aromatic N) is 2. The van der Waals surface area contributed by atoms with Crippen molar-refractivity contribution >= 4 is 37.9 Å². The van der Waals surface area contributed by atoms with Gasteiger partial charge in [0.15, 0.2) is 0 Å². The van der Waals surface area contributed by atoms with Gasteiger partial charge in [-0.25, -0.2) is 0 Å². The van der Waals surface area contributed by atoms with Crippen LogP contribution in [-0.2, 0) is 19.3 Å². The van der Waals surface area contributed by atoms with Gasteiger partial charge in [-0.15, -0.1) is 0 Å². The molecule has 0 aliphatic rings. The minimum atomic E-state index is 0.868. The van der Waals surface area contributed by atoms with Crippen LogP contribution in [0.5, 0.6) is 0 Å². The third kappa shape index (κ3) is 6.57. The second-order valence-corrected chi connectivity index (χ2v) is 9.83. The molecule has 3 radical (unpaired) electrons. The van der Waals surface area contributed by atoms with E-state index in [4.69, 9.17) is 9.97 Å². The van der Waals surface area contributed by atoms with Crippen LogP contribution in [-0.4, -0.2) is 32.5 Å². The molecule has 2 aromatic heterocycles. The second-order valence-electron chi connectivity index (χ2n) is 8.48. The molecule has 32 heavy (non-hydrogen) atoms. The van der Waals surface area contributed by atoms with E-state index in [9.17, 15) is 0 Å². The number of unbranched alkanes of at least 4 members (excludes halogenated alkanes) is 3. The Hall–Kier alpha value is -1.88. The Balaban J connectivity index is 1.95. The molecule has 0 saturated heterocycles. The molecule has 1 N–H and O–H groups in total. The van der Waals surface area contributed by atoms with Crippen LogP contribution in [0.15, 0.2) is 48.7 Å². The van der Waals surface area contributed by atoms with Crippen molar-refractivity contribution in [2.24, 2.45) is 0 Å². The summed E-state index contributed by atoms with van der Waals surface area (Å²) in [7, 11) is 0. The van der Waals surface area contributed by atoms with Crippen LogP contribution in [0.4, 0.5) is 11.6 Å². The van der Waals surface area contributed by atoms with E-state index in [0.29, 0.717) is 0 Å². The molecule has 167 valence electrons. The number of rotatable bonds is 12. The molecule has 2 heterocycles. The van der Waals surface area contributed by atoms with Gasteiger partial charge in [-0.3, -0.25) is 0 Å². The molecule has 1 aromatic carbocycles. The first kappa shape index (κ1) is 24.8. The summed E-state index contributed by atoms with van der Waals surface area (Å²) in [5.74, 6) is 1.89. The maximum atomic E-state index is 5.11. The van der Waals surface area contributed by atoms with Crippen LogP contribution in [0.25, 0.3) is 11.1 Å². The van der Waals surface area contributed by atoms with Crippen molar-refractivity contribution in [1.82, 2.24) is 9.97 Å². The zero-order chi connectivity index (χ0) is 22.8. The van der Waals surface area contributed by atoms with Crippen molar-refractivity contribution in [3.05, 3.63) is 65.4 Å². The predicted molar refractivity (Wildman–Crippen MR) is 138 cm³/mol. The first-order chi connectivity index (χ1) is 15.7.